The van der Waals surface area contributed by atoms with Crippen LogP contribution in [0.3, 0.4) is 0 Å². The van der Waals surface area contributed by atoms with Crippen LogP contribution in [0, 0.1) is 6.92 Å². The Hall–Kier alpha value is -2.29. The van der Waals surface area contributed by atoms with Crippen LogP contribution < -0.4 is 10.1 Å². The molecule has 0 unspecified atom stereocenters. The minimum atomic E-state index is -0.107. The fourth-order valence-electron chi connectivity index (χ4n) is 2.08. The van der Waals surface area contributed by atoms with Gasteiger partial charge in [0, 0.05) is 6.04 Å². The van der Waals surface area contributed by atoms with E-state index in [-0.39, 0.29) is 11.9 Å². The lowest BCUT2D eigenvalue weighted by molar-refractivity contribution is 0.0938. The van der Waals surface area contributed by atoms with E-state index in [4.69, 9.17) is 4.74 Å². The molecule has 0 aromatic heterocycles. The number of benzene rings is 2. The SMILES string of the molecule is Cc1cccc(COc2ccccc2C(=O)NC(C)C)c1. The summed E-state index contributed by atoms with van der Waals surface area (Å²) in [6.45, 7) is 6.38. The molecule has 0 atom stereocenters. The van der Waals surface area contributed by atoms with Crippen LogP contribution in [0.5, 0.6) is 5.75 Å². The smallest absolute Gasteiger partial charge is 0.255 e. The van der Waals surface area contributed by atoms with Crippen molar-refractivity contribution in [1.82, 2.24) is 5.32 Å². The average molecular weight is 283 g/mol. The van der Waals surface area contributed by atoms with Gasteiger partial charge in [0.25, 0.3) is 5.91 Å². The first kappa shape index (κ1) is 15.1. The van der Waals surface area contributed by atoms with Gasteiger partial charge < -0.3 is 10.1 Å². The van der Waals surface area contributed by atoms with E-state index in [9.17, 15) is 4.79 Å². The highest BCUT2D eigenvalue weighted by atomic mass is 16.5. The Morgan fingerprint density at radius 1 is 1.14 bits per heavy atom. The first-order chi connectivity index (χ1) is 10.1. The molecule has 2 rings (SSSR count). The predicted molar refractivity (Wildman–Crippen MR) is 84.6 cm³/mol. The van der Waals surface area contributed by atoms with Crippen LogP contribution in [-0.4, -0.2) is 11.9 Å². The van der Waals surface area contributed by atoms with Crippen molar-refractivity contribution in [3.63, 3.8) is 0 Å². The highest BCUT2D eigenvalue weighted by Gasteiger charge is 2.12. The highest BCUT2D eigenvalue weighted by Crippen LogP contribution is 2.19. The van der Waals surface area contributed by atoms with Gasteiger partial charge in [-0.05, 0) is 38.5 Å². The lowest BCUT2D eigenvalue weighted by Gasteiger charge is -2.13. The number of carbonyl (C=O) groups is 1. The molecule has 0 radical (unpaired) electrons. The van der Waals surface area contributed by atoms with E-state index in [0.29, 0.717) is 17.9 Å². The molecule has 0 aliphatic carbocycles. The predicted octanol–water partition coefficient (Wildman–Crippen LogP) is 3.71. The number of rotatable bonds is 5. The monoisotopic (exact) mass is 283 g/mol. The molecule has 1 N–H and O–H groups in total. The molecule has 3 heteroatoms. The normalized spacial score (nSPS) is 10.5. The molecule has 0 heterocycles. The second-order valence-electron chi connectivity index (χ2n) is 5.40. The van der Waals surface area contributed by atoms with Crippen LogP contribution in [0.1, 0.15) is 35.3 Å². The van der Waals surface area contributed by atoms with Crippen LogP contribution in [0.4, 0.5) is 0 Å². The van der Waals surface area contributed by atoms with Crippen molar-refractivity contribution in [1.29, 1.82) is 0 Å². The summed E-state index contributed by atoms with van der Waals surface area (Å²) in [5, 5.41) is 2.89. The maximum absolute atomic E-state index is 12.2. The summed E-state index contributed by atoms with van der Waals surface area (Å²) in [7, 11) is 0. The number of amides is 1. The summed E-state index contributed by atoms with van der Waals surface area (Å²) in [5.74, 6) is 0.502. The fraction of sp³-hybridized carbons (Fsp3) is 0.278. The summed E-state index contributed by atoms with van der Waals surface area (Å²) in [5.41, 5.74) is 2.86. The van der Waals surface area contributed by atoms with Gasteiger partial charge in [0.2, 0.25) is 0 Å². The average Bonchev–Trinajstić information content (AvgIpc) is 2.45. The number of hydrogen-bond donors (Lipinski definition) is 1. The molecule has 0 aliphatic rings. The summed E-state index contributed by atoms with van der Waals surface area (Å²) in [6.07, 6.45) is 0. The zero-order chi connectivity index (χ0) is 15.2. The maximum atomic E-state index is 12.2. The summed E-state index contributed by atoms with van der Waals surface area (Å²) in [4.78, 5) is 12.2. The number of hydrogen-bond acceptors (Lipinski definition) is 2. The van der Waals surface area contributed by atoms with E-state index in [2.05, 4.69) is 11.4 Å². The Labute approximate surface area is 126 Å². The second kappa shape index (κ2) is 6.93. The molecular formula is C18H21NO2. The second-order valence-corrected chi connectivity index (χ2v) is 5.40. The highest BCUT2D eigenvalue weighted by molar-refractivity contribution is 5.97. The largest absolute Gasteiger partial charge is 0.488 e. The Balaban J connectivity index is 2.11. The van der Waals surface area contributed by atoms with E-state index in [1.54, 1.807) is 6.07 Å². The molecule has 0 spiro atoms. The Bertz CT molecular complexity index is 620. The number of nitrogens with one attached hydrogen (secondary N) is 1. The van der Waals surface area contributed by atoms with Gasteiger partial charge in [-0.2, -0.15) is 0 Å². The minimum absolute atomic E-state index is 0.0994. The Kier molecular flexibility index (Phi) is 4.99. The van der Waals surface area contributed by atoms with Gasteiger partial charge in [-0.15, -0.1) is 0 Å². The third-order valence-electron chi connectivity index (χ3n) is 3.03. The van der Waals surface area contributed by atoms with E-state index in [0.717, 1.165) is 5.56 Å². The number of ether oxygens (including phenoxy) is 1. The summed E-state index contributed by atoms with van der Waals surface area (Å²) < 4.78 is 5.82. The van der Waals surface area contributed by atoms with Gasteiger partial charge in [0.05, 0.1) is 5.56 Å². The molecule has 0 bridgehead atoms. The first-order valence-electron chi connectivity index (χ1n) is 7.14. The number of aryl methyl sites for hydroxylation is 1. The third kappa shape index (κ3) is 4.35. The number of para-hydroxylation sites is 1. The molecule has 3 nitrogen and oxygen atoms in total. The van der Waals surface area contributed by atoms with Crippen molar-refractivity contribution in [3.8, 4) is 5.75 Å². The van der Waals surface area contributed by atoms with Crippen molar-refractivity contribution in [2.24, 2.45) is 0 Å². The zero-order valence-electron chi connectivity index (χ0n) is 12.7. The Morgan fingerprint density at radius 2 is 1.90 bits per heavy atom. The van der Waals surface area contributed by atoms with Crippen LogP contribution in [0.2, 0.25) is 0 Å². The van der Waals surface area contributed by atoms with Crippen molar-refractivity contribution in [2.75, 3.05) is 0 Å². The van der Waals surface area contributed by atoms with Crippen molar-refractivity contribution < 1.29 is 9.53 Å². The molecule has 1 amide bonds. The van der Waals surface area contributed by atoms with Crippen LogP contribution >= 0.6 is 0 Å². The molecule has 2 aromatic carbocycles. The lowest BCUT2D eigenvalue weighted by atomic mass is 10.1. The lowest BCUT2D eigenvalue weighted by Crippen LogP contribution is -2.30. The van der Waals surface area contributed by atoms with Crippen molar-refractivity contribution >= 4 is 5.91 Å². The molecule has 21 heavy (non-hydrogen) atoms. The molecule has 0 fully saturated rings. The Morgan fingerprint density at radius 3 is 2.62 bits per heavy atom. The number of carbonyl (C=O) groups excluding carboxylic acids is 1. The molecule has 2 aromatic rings. The van der Waals surface area contributed by atoms with E-state index < -0.39 is 0 Å². The molecular weight excluding hydrogens is 262 g/mol. The van der Waals surface area contributed by atoms with Crippen molar-refractivity contribution in [3.05, 3.63) is 65.2 Å². The third-order valence-corrected chi connectivity index (χ3v) is 3.03. The van der Waals surface area contributed by atoms with Gasteiger partial charge in [-0.3, -0.25) is 4.79 Å². The van der Waals surface area contributed by atoms with E-state index in [1.165, 1.54) is 5.56 Å². The molecule has 110 valence electrons. The first-order valence-corrected chi connectivity index (χ1v) is 7.14. The van der Waals surface area contributed by atoms with Crippen LogP contribution in [0.25, 0.3) is 0 Å². The van der Waals surface area contributed by atoms with E-state index in [1.807, 2.05) is 57.2 Å². The molecule has 0 aliphatic heterocycles. The van der Waals surface area contributed by atoms with Crippen LogP contribution in [0.15, 0.2) is 48.5 Å². The van der Waals surface area contributed by atoms with Gasteiger partial charge in [-0.25, -0.2) is 0 Å². The quantitative estimate of drug-likeness (QED) is 0.908. The standard InChI is InChI=1S/C18H21NO2/c1-13(2)19-18(20)16-9-4-5-10-17(16)21-12-15-8-6-7-14(3)11-15/h4-11,13H,12H2,1-3H3,(H,19,20). The minimum Gasteiger partial charge on any atom is -0.488 e. The van der Waals surface area contributed by atoms with Gasteiger partial charge in [0.15, 0.2) is 0 Å². The topological polar surface area (TPSA) is 38.3 Å². The van der Waals surface area contributed by atoms with Crippen molar-refractivity contribution in [2.45, 2.75) is 33.4 Å². The van der Waals surface area contributed by atoms with Gasteiger partial charge in [-0.1, -0.05) is 42.0 Å². The fourth-order valence-corrected chi connectivity index (χ4v) is 2.08. The zero-order valence-corrected chi connectivity index (χ0v) is 12.7. The van der Waals surface area contributed by atoms with E-state index >= 15 is 0 Å². The molecule has 0 saturated heterocycles. The van der Waals surface area contributed by atoms with Gasteiger partial charge in [0.1, 0.15) is 12.4 Å². The summed E-state index contributed by atoms with van der Waals surface area (Å²) in [6, 6.07) is 15.6. The summed E-state index contributed by atoms with van der Waals surface area (Å²) >= 11 is 0. The van der Waals surface area contributed by atoms with Crippen LogP contribution in [-0.2, 0) is 6.61 Å². The maximum Gasteiger partial charge on any atom is 0.255 e. The van der Waals surface area contributed by atoms with Gasteiger partial charge >= 0.3 is 0 Å². The molecule has 0 saturated carbocycles.